The number of ether oxygens (including phenoxy) is 1. The molecule has 14 heavy (non-hydrogen) atoms. The second-order valence-electron chi connectivity index (χ2n) is 3.76. The van der Waals surface area contributed by atoms with Crippen LogP contribution >= 0.6 is 0 Å². The van der Waals surface area contributed by atoms with Crippen LogP contribution in [0.4, 0.5) is 4.39 Å². The molecule has 2 rings (SSSR count). The van der Waals surface area contributed by atoms with E-state index in [0.29, 0.717) is 5.92 Å². The number of rotatable bonds is 3. The van der Waals surface area contributed by atoms with Gasteiger partial charge in [-0.2, -0.15) is 0 Å². The molecule has 0 unspecified atom stereocenters. The molecule has 0 aromatic heterocycles. The highest BCUT2D eigenvalue weighted by Gasteiger charge is 2.29. The molecule has 0 radical (unpaired) electrons. The van der Waals surface area contributed by atoms with Gasteiger partial charge >= 0.3 is 0 Å². The second kappa shape index (κ2) is 3.58. The Kier molecular flexibility index (Phi) is 2.42. The minimum Gasteiger partial charge on any atom is -0.494 e. The van der Waals surface area contributed by atoms with Crippen molar-refractivity contribution in [3.8, 4) is 5.75 Å². The summed E-state index contributed by atoms with van der Waals surface area (Å²) in [6.07, 6.45) is 2.32. The minimum absolute atomic E-state index is 0.0181. The van der Waals surface area contributed by atoms with Gasteiger partial charge in [0.1, 0.15) is 0 Å². The predicted molar refractivity (Wildman–Crippen MR) is 52.6 cm³/mol. The van der Waals surface area contributed by atoms with Crippen molar-refractivity contribution < 1.29 is 9.13 Å². The van der Waals surface area contributed by atoms with E-state index < -0.39 is 0 Å². The number of hydrogen-bond acceptors (Lipinski definition) is 2. The molecule has 1 aromatic carbocycles. The number of hydrogen-bond donors (Lipinski definition) is 1. The first kappa shape index (κ1) is 9.46. The first-order valence-electron chi connectivity index (χ1n) is 4.81. The van der Waals surface area contributed by atoms with Crippen LogP contribution in [0.1, 0.15) is 24.4 Å². The first-order chi connectivity index (χ1) is 6.72. The molecular formula is C11H14FNO. The average Bonchev–Trinajstić information content (AvgIpc) is 3.00. The maximum absolute atomic E-state index is 13.3. The Morgan fingerprint density at radius 1 is 1.50 bits per heavy atom. The van der Waals surface area contributed by atoms with Crippen molar-refractivity contribution in [1.29, 1.82) is 0 Å². The van der Waals surface area contributed by atoms with Crippen LogP contribution < -0.4 is 10.5 Å². The largest absolute Gasteiger partial charge is 0.494 e. The van der Waals surface area contributed by atoms with Crippen LogP contribution in [0.25, 0.3) is 0 Å². The summed E-state index contributed by atoms with van der Waals surface area (Å²) >= 11 is 0. The van der Waals surface area contributed by atoms with E-state index in [2.05, 4.69) is 0 Å². The summed E-state index contributed by atoms with van der Waals surface area (Å²) in [6.45, 7) is 0. The molecule has 76 valence electrons. The van der Waals surface area contributed by atoms with Crippen LogP contribution in [-0.4, -0.2) is 7.11 Å². The van der Waals surface area contributed by atoms with Gasteiger partial charge in [-0.1, -0.05) is 6.07 Å². The molecule has 1 fully saturated rings. The molecule has 0 spiro atoms. The SMILES string of the molecule is COc1ccc([C@@H](N)C2CC2)cc1F. The van der Waals surface area contributed by atoms with Crippen LogP contribution in [0.3, 0.4) is 0 Å². The molecule has 1 aliphatic carbocycles. The van der Waals surface area contributed by atoms with E-state index >= 15 is 0 Å². The fraction of sp³-hybridized carbons (Fsp3) is 0.455. The van der Waals surface area contributed by atoms with Crippen molar-refractivity contribution in [3.63, 3.8) is 0 Å². The second-order valence-corrected chi connectivity index (χ2v) is 3.76. The summed E-state index contributed by atoms with van der Waals surface area (Å²) in [4.78, 5) is 0. The van der Waals surface area contributed by atoms with Crippen LogP contribution in [0.15, 0.2) is 18.2 Å². The number of methoxy groups -OCH3 is 1. The fourth-order valence-electron chi connectivity index (χ4n) is 1.62. The number of nitrogens with two attached hydrogens (primary N) is 1. The topological polar surface area (TPSA) is 35.2 Å². The van der Waals surface area contributed by atoms with Gasteiger partial charge in [0.15, 0.2) is 11.6 Å². The Balaban J connectivity index is 2.22. The van der Waals surface area contributed by atoms with Crippen molar-refractivity contribution in [2.45, 2.75) is 18.9 Å². The van der Waals surface area contributed by atoms with Gasteiger partial charge in [-0.3, -0.25) is 0 Å². The smallest absolute Gasteiger partial charge is 0.165 e. The molecule has 0 heterocycles. The Morgan fingerprint density at radius 3 is 2.71 bits per heavy atom. The predicted octanol–water partition coefficient (Wildman–Crippen LogP) is 2.24. The quantitative estimate of drug-likeness (QED) is 0.802. The van der Waals surface area contributed by atoms with Gasteiger partial charge in [-0.05, 0) is 36.5 Å². The third-order valence-electron chi connectivity index (χ3n) is 2.69. The molecule has 1 atom stereocenters. The van der Waals surface area contributed by atoms with E-state index in [-0.39, 0.29) is 17.6 Å². The molecule has 2 N–H and O–H groups in total. The third-order valence-corrected chi connectivity index (χ3v) is 2.69. The van der Waals surface area contributed by atoms with Gasteiger partial charge in [0.25, 0.3) is 0 Å². The van der Waals surface area contributed by atoms with Crippen molar-refractivity contribution in [2.75, 3.05) is 7.11 Å². The Morgan fingerprint density at radius 2 is 2.21 bits per heavy atom. The summed E-state index contributed by atoms with van der Waals surface area (Å²) in [5.74, 6) is 0.487. The third kappa shape index (κ3) is 1.73. The molecule has 0 saturated heterocycles. The summed E-state index contributed by atoms with van der Waals surface area (Å²) < 4.78 is 18.2. The molecule has 1 saturated carbocycles. The lowest BCUT2D eigenvalue weighted by molar-refractivity contribution is 0.385. The van der Waals surface area contributed by atoms with Gasteiger partial charge in [-0.15, -0.1) is 0 Å². The summed E-state index contributed by atoms with van der Waals surface area (Å²) in [5.41, 5.74) is 6.82. The zero-order chi connectivity index (χ0) is 10.1. The highest BCUT2D eigenvalue weighted by atomic mass is 19.1. The number of halogens is 1. The summed E-state index contributed by atoms with van der Waals surface area (Å²) in [6, 6.07) is 4.93. The van der Waals surface area contributed by atoms with Crippen LogP contribution in [-0.2, 0) is 0 Å². The lowest BCUT2D eigenvalue weighted by atomic mass is 10.0. The molecule has 0 bridgehead atoms. The fourth-order valence-corrected chi connectivity index (χ4v) is 1.62. The molecule has 0 amide bonds. The Bertz CT molecular complexity index is 336. The van der Waals surface area contributed by atoms with E-state index in [9.17, 15) is 4.39 Å². The van der Waals surface area contributed by atoms with E-state index in [1.165, 1.54) is 13.2 Å². The average molecular weight is 195 g/mol. The molecule has 0 aliphatic heterocycles. The van der Waals surface area contributed by atoms with Crippen LogP contribution in [0.2, 0.25) is 0 Å². The van der Waals surface area contributed by atoms with Gasteiger partial charge in [-0.25, -0.2) is 4.39 Å². The summed E-state index contributed by atoms with van der Waals surface area (Å²) in [7, 11) is 1.46. The van der Waals surface area contributed by atoms with E-state index in [1.807, 2.05) is 6.07 Å². The zero-order valence-electron chi connectivity index (χ0n) is 8.16. The molecule has 1 aliphatic rings. The maximum atomic E-state index is 13.3. The van der Waals surface area contributed by atoms with Gasteiger partial charge in [0, 0.05) is 6.04 Å². The van der Waals surface area contributed by atoms with Crippen molar-refractivity contribution in [3.05, 3.63) is 29.6 Å². The lowest BCUT2D eigenvalue weighted by Crippen LogP contribution is -2.12. The molecule has 2 nitrogen and oxygen atoms in total. The van der Waals surface area contributed by atoms with Gasteiger partial charge < -0.3 is 10.5 Å². The standard InChI is InChI=1S/C11H14FNO/c1-14-10-5-4-8(6-9(10)12)11(13)7-2-3-7/h4-7,11H,2-3,13H2,1H3/t11-/m0/s1. The van der Waals surface area contributed by atoms with E-state index in [1.54, 1.807) is 6.07 Å². The Hall–Kier alpha value is -1.09. The minimum atomic E-state index is -0.332. The van der Waals surface area contributed by atoms with Crippen molar-refractivity contribution in [2.24, 2.45) is 11.7 Å². The van der Waals surface area contributed by atoms with Crippen LogP contribution in [0.5, 0.6) is 5.75 Å². The zero-order valence-corrected chi connectivity index (χ0v) is 8.16. The number of benzene rings is 1. The van der Waals surface area contributed by atoms with E-state index in [4.69, 9.17) is 10.5 Å². The van der Waals surface area contributed by atoms with Crippen molar-refractivity contribution in [1.82, 2.24) is 0 Å². The highest BCUT2D eigenvalue weighted by molar-refractivity contribution is 5.31. The van der Waals surface area contributed by atoms with Gasteiger partial charge in [0.2, 0.25) is 0 Å². The molecule has 3 heteroatoms. The first-order valence-corrected chi connectivity index (χ1v) is 4.81. The monoisotopic (exact) mass is 195 g/mol. The Labute approximate surface area is 82.9 Å². The molecular weight excluding hydrogens is 181 g/mol. The maximum Gasteiger partial charge on any atom is 0.165 e. The summed E-state index contributed by atoms with van der Waals surface area (Å²) in [5, 5.41) is 0. The van der Waals surface area contributed by atoms with E-state index in [0.717, 1.165) is 18.4 Å². The normalized spacial score (nSPS) is 17.9. The highest BCUT2D eigenvalue weighted by Crippen LogP contribution is 2.39. The lowest BCUT2D eigenvalue weighted by Gasteiger charge is -2.11. The molecule has 1 aromatic rings. The van der Waals surface area contributed by atoms with Crippen molar-refractivity contribution >= 4 is 0 Å². The van der Waals surface area contributed by atoms with Crippen LogP contribution in [0, 0.1) is 11.7 Å². The van der Waals surface area contributed by atoms with Gasteiger partial charge in [0.05, 0.1) is 7.11 Å².